The van der Waals surface area contributed by atoms with Gasteiger partial charge in [0.05, 0.1) is 11.0 Å². The van der Waals surface area contributed by atoms with Crippen LogP contribution in [0.4, 0.5) is 0 Å². The lowest BCUT2D eigenvalue weighted by molar-refractivity contribution is -0.142. The highest BCUT2D eigenvalue weighted by molar-refractivity contribution is 5.80. The maximum absolute atomic E-state index is 11.6. The van der Waals surface area contributed by atoms with E-state index in [2.05, 4.69) is 4.98 Å². The molecule has 1 aliphatic rings. The minimum absolute atomic E-state index is 0.0348. The Hall–Kier alpha value is -1.84. The number of hydrogen-bond acceptors (Lipinski definition) is 2. The van der Waals surface area contributed by atoms with Gasteiger partial charge in [-0.15, -0.1) is 0 Å². The van der Waals surface area contributed by atoms with Crippen LogP contribution in [0.1, 0.15) is 44.5 Å². The molecule has 19 heavy (non-hydrogen) atoms. The summed E-state index contributed by atoms with van der Waals surface area (Å²) < 4.78 is 1.94. The molecule has 100 valence electrons. The molecule has 0 amide bonds. The van der Waals surface area contributed by atoms with Gasteiger partial charge < -0.3 is 9.67 Å². The molecular weight excluding hydrogens is 240 g/mol. The van der Waals surface area contributed by atoms with Gasteiger partial charge in [-0.05, 0) is 30.9 Å². The normalized spacial score (nSPS) is 17.0. The lowest BCUT2D eigenvalue weighted by Gasteiger charge is -2.21. The Bertz CT molecular complexity index is 626. The number of imidazole rings is 1. The van der Waals surface area contributed by atoms with Gasteiger partial charge in [-0.1, -0.05) is 26.0 Å². The molecule has 0 aliphatic heterocycles. The topological polar surface area (TPSA) is 55.1 Å². The quantitative estimate of drug-likeness (QED) is 0.916. The second-order valence-corrected chi connectivity index (χ2v) is 5.63. The van der Waals surface area contributed by atoms with Gasteiger partial charge in [0.1, 0.15) is 11.9 Å². The molecule has 1 N–H and O–H groups in total. The zero-order valence-corrected chi connectivity index (χ0v) is 11.2. The van der Waals surface area contributed by atoms with Crippen LogP contribution in [-0.4, -0.2) is 20.6 Å². The lowest BCUT2D eigenvalue weighted by atomic mass is 10.0. The van der Waals surface area contributed by atoms with E-state index in [1.54, 1.807) is 0 Å². The number of benzene rings is 1. The first-order valence-corrected chi connectivity index (χ1v) is 6.79. The maximum Gasteiger partial charge on any atom is 0.327 e. The molecule has 0 radical (unpaired) electrons. The zero-order chi connectivity index (χ0) is 13.6. The first kappa shape index (κ1) is 12.2. The van der Waals surface area contributed by atoms with E-state index in [1.165, 1.54) is 0 Å². The molecule has 1 atom stereocenters. The molecule has 0 saturated heterocycles. The average Bonchev–Trinajstić information content (AvgIpc) is 3.12. The number of nitrogens with zero attached hydrogens (tertiary/aromatic N) is 2. The van der Waals surface area contributed by atoms with Gasteiger partial charge in [0.15, 0.2) is 0 Å². The Morgan fingerprint density at radius 2 is 2.05 bits per heavy atom. The number of carbonyl (C=O) groups is 1. The van der Waals surface area contributed by atoms with Crippen molar-refractivity contribution < 1.29 is 9.90 Å². The molecule has 1 heterocycles. The van der Waals surface area contributed by atoms with Crippen molar-refractivity contribution in [3.8, 4) is 0 Å². The number of aliphatic carboxylic acids is 1. The SMILES string of the molecule is CC(C)C(C(=O)O)n1c(C2CC2)nc2ccccc21. The molecule has 3 rings (SSSR count). The molecule has 1 fully saturated rings. The molecule has 4 nitrogen and oxygen atoms in total. The number of hydrogen-bond donors (Lipinski definition) is 1. The lowest BCUT2D eigenvalue weighted by Crippen LogP contribution is -2.25. The number of fused-ring (bicyclic) bond motifs is 1. The molecule has 1 aromatic heterocycles. The first-order valence-electron chi connectivity index (χ1n) is 6.79. The van der Waals surface area contributed by atoms with E-state index in [1.807, 2.05) is 42.7 Å². The van der Waals surface area contributed by atoms with Gasteiger partial charge in [0, 0.05) is 5.92 Å². The smallest absolute Gasteiger partial charge is 0.327 e. The van der Waals surface area contributed by atoms with E-state index in [4.69, 9.17) is 0 Å². The van der Waals surface area contributed by atoms with E-state index in [0.717, 1.165) is 29.7 Å². The van der Waals surface area contributed by atoms with Crippen molar-refractivity contribution in [2.45, 2.75) is 38.6 Å². The van der Waals surface area contributed by atoms with E-state index >= 15 is 0 Å². The van der Waals surface area contributed by atoms with Crippen LogP contribution in [0.15, 0.2) is 24.3 Å². The number of carboxylic acids is 1. The van der Waals surface area contributed by atoms with Crippen LogP contribution in [-0.2, 0) is 4.79 Å². The van der Waals surface area contributed by atoms with Crippen LogP contribution in [0, 0.1) is 5.92 Å². The highest BCUT2D eigenvalue weighted by Crippen LogP contribution is 2.42. The fourth-order valence-corrected chi connectivity index (χ4v) is 2.68. The van der Waals surface area contributed by atoms with Gasteiger partial charge >= 0.3 is 5.97 Å². The van der Waals surface area contributed by atoms with Crippen molar-refractivity contribution in [1.29, 1.82) is 0 Å². The zero-order valence-electron chi connectivity index (χ0n) is 11.2. The minimum atomic E-state index is -0.778. The van der Waals surface area contributed by atoms with Crippen LogP contribution in [0.2, 0.25) is 0 Å². The Balaban J connectivity index is 2.24. The summed E-state index contributed by atoms with van der Waals surface area (Å²) in [5, 5.41) is 9.55. The second-order valence-electron chi connectivity index (χ2n) is 5.63. The summed E-state index contributed by atoms with van der Waals surface area (Å²) in [5.74, 6) is 0.642. The summed E-state index contributed by atoms with van der Waals surface area (Å²) in [5.41, 5.74) is 1.84. The van der Waals surface area contributed by atoms with Crippen LogP contribution in [0.25, 0.3) is 11.0 Å². The summed E-state index contributed by atoms with van der Waals surface area (Å²) >= 11 is 0. The van der Waals surface area contributed by atoms with Crippen molar-refractivity contribution in [2.75, 3.05) is 0 Å². The molecule has 1 saturated carbocycles. The van der Waals surface area contributed by atoms with E-state index in [-0.39, 0.29) is 5.92 Å². The third kappa shape index (κ3) is 2.01. The summed E-state index contributed by atoms with van der Waals surface area (Å²) in [6.07, 6.45) is 2.24. The van der Waals surface area contributed by atoms with Gasteiger partial charge in [0.2, 0.25) is 0 Å². The highest BCUT2D eigenvalue weighted by Gasteiger charge is 2.35. The molecular formula is C15H18N2O2. The number of para-hydroxylation sites is 2. The van der Waals surface area contributed by atoms with Gasteiger partial charge in [-0.3, -0.25) is 0 Å². The number of carboxylic acid groups (broad SMARTS) is 1. The monoisotopic (exact) mass is 258 g/mol. The van der Waals surface area contributed by atoms with Crippen molar-refractivity contribution in [3.63, 3.8) is 0 Å². The molecule has 1 aromatic carbocycles. The summed E-state index contributed by atoms with van der Waals surface area (Å²) in [4.78, 5) is 16.3. The van der Waals surface area contributed by atoms with Crippen LogP contribution in [0.3, 0.4) is 0 Å². The summed E-state index contributed by atoms with van der Waals surface area (Å²) in [6, 6.07) is 7.27. The predicted molar refractivity (Wildman–Crippen MR) is 73.2 cm³/mol. The first-order chi connectivity index (χ1) is 9.09. The van der Waals surface area contributed by atoms with Gasteiger partial charge in [-0.25, -0.2) is 9.78 Å². The third-order valence-electron chi connectivity index (χ3n) is 3.73. The fraction of sp³-hybridized carbons (Fsp3) is 0.467. The van der Waals surface area contributed by atoms with Crippen molar-refractivity contribution >= 4 is 17.0 Å². The highest BCUT2D eigenvalue weighted by atomic mass is 16.4. The Morgan fingerprint density at radius 3 is 2.63 bits per heavy atom. The second kappa shape index (κ2) is 4.37. The summed E-state index contributed by atoms with van der Waals surface area (Å²) in [7, 11) is 0. The average molecular weight is 258 g/mol. The molecule has 0 spiro atoms. The molecule has 2 aromatic rings. The van der Waals surface area contributed by atoms with Crippen molar-refractivity contribution in [1.82, 2.24) is 9.55 Å². The molecule has 1 unspecified atom stereocenters. The van der Waals surface area contributed by atoms with Gasteiger partial charge in [0.25, 0.3) is 0 Å². The third-order valence-corrected chi connectivity index (χ3v) is 3.73. The van der Waals surface area contributed by atoms with Crippen molar-refractivity contribution in [2.24, 2.45) is 5.92 Å². The van der Waals surface area contributed by atoms with Crippen LogP contribution < -0.4 is 0 Å². The molecule has 4 heteroatoms. The largest absolute Gasteiger partial charge is 0.480 e. The standard InChI is InChI=1S/C15H18N2O2/c1-9(2)13(15(18)19)17-12-6-4-3-5-11(12)16-14(17)10-7-8-10/h3-6,9-10,13H,7-8H2,1-2H3,(H,18,19). The maximum atomic E-state index is 11.6. The predicted octanol–water partition coefficient (Wildman–Crippen LogP) is 3.20. The molecule has 0 bridgehead atoms. The Labute approximate surface area is 112 Å². The number of rotatable bonds is 4. The summed E-state index contributed by atoms with van der Waals surface area (Å²) in [6.45, 7) is 3.90. The van der Waals surface area contributed by atoms with Gasteiger partial charge in [-0.2, -0.15) is 0 Å². The van der Waals surface area contributed by atoms with E-state index in [9.17, 15) is 9.90 Å². The minimum Gasteiger partial charge on any atom is -0.480 e. The Kier molecular flexibility index (Phi) is 2.81. The van der Waals surface area contributed by atoms with Crippen molar-refractivity contribution in [3.05, 3.63) is 30.1 Å². The van der Waals surface area contributed by atoms with E-state index in [0.29, 0.717) is 5.92 Å². The van der Waals surface area contributed by atoms with E-state index < -0.39 is 12.0 Å². The Morgan fingerprint density at radius 1 is 1.37 bits per heavy atom. The van der Waals surface area contributed by atoms with Crippen LogP contribution >= 0.6 is 0 Å². The fourth-order valence-electron chi connectivity index (χ4n) is 2.68. The number of aromatic nitrogens is 2. The molecule has 1 aliphatic carbocycles. The van der Waals surface area contributed by atoms with Crippen LogP contribution in [0.5, 0.6) is 0 Å².